The zero-order valence-electron chi connectivity index (χ0n) is 15.7. The molecule has 29 heavy (non-hydrogen) atoms. The normalized spacial score (nSPS) is 15.0. The van der Waals surface area contributed by atoms with Crippen LogP contribution in [0.3, 0.4) is 0 Å². The molecule has 1 fully saturated rings. The molecule has 2 heterocycles. The summed E-state index contributed by atoms with van der Waals surface area (Å²) >= 11 is 0. The highest BCUT2D eigenvalue weighted by molar-refractivity contribution is 7.89. The second-order valence-electron chi connectivity index (χ2n) is 6.58. The van der Waals surface area contributed by atoms with E-state index in [1.807, 2.05) is 0 Å². The van der Waals surface area contributed by atoms with Gasteiger partial charge in [0.2, 0.25) is 10.0 Å². The number of primary sulfonamides is 1. The first kappa shape index (κ1) is 20.7. The van der Waals surface area contributed by atoms with Crippen LogP contribution in [0.15, 0.2) is 41.3 Å². The topological polar surface area (TPSA) is 145 Å². The number of ether oxygens (including phenoxy) is 1. The third-order valence-electron chi connectivity index (χ3n) is 4.39. The van der Waals surface area contributed by atoms with Crippen molar-refractivity contribution in [3.8, 4) is 0 Å². The van der Waals surface area contributed by atoms with Crippen LogP contribution < -0.4 is 15.4 Å². The summed E-state index contributed by atoms with van der Waals surface area (Å²) in [5.74, 6) is -0.645. The van der Waals surface area contributed by atoms with E-state index in [1.54, 1.807) is 6.07 Å². The molecule has 0 aliphatic carbocycles. The summed E-state index contributed by atoms with van der Waals surface area (Å²) in [5.41, 5.74) is 0.338. The molecule has 0 bridgehead atoms. The molecule has 11 heteroatoms. The van der Waals surface area contributed by atoms with Crippen LogP contribution in [-0.4, -0.2) is 49.7 Å². The Morgan fingerprint density at radius 2 is 1.76 bits per heavy atom. The maximum absolute atomic E-state index is 12.2. The van der Waals surface area contributed by atoms with E-state index in [-0.39, 0.29) is 10.6 Å². The lowest BCUT2D eigenvalue weighted by Crippen LogP contribution is -2.30. The van der Waals surface area contributed by atoms with Crippen molar-refractivity contribution in [3.05, 3.63) is 42.1 Å². The van der Waals surface area contributed by atoms with E-state index in [1.165, 1.54) is 37.3 Å². The number of carbonyl (C=O) groups is 2. The lowest BCUT2D eigenvalue weighted by molar-refractivity contribution is -0.123. The van der Waals surface area contributed by atoms with Gasteiger partial charge < -0.3 is 15.0 Å². The number of hydrogen-bond donors (Lipinski definition) is 2. The van der Waals surface area contributed by atoms with Gasteiger partial charge in [-0.3, -0.25) is 4.79 Å². The summed E-state index contributed by atoms with van der Waals surface area (Å²) in [6, 6.07) is 8.51. The second-order valence-corrected chi connectivity index (χ2v) is 8.14. The van der Waals surface area contributed by atoms with Gasteiger partial charge in [-0.1, -0.05) is 0 Å². The Hall–Kier alpha value is -3.05. The number of hydrogen-bond acceptors (Lipinski definition) is 8. The number of benzene rings is 1. The maximum atomic E-state index is 12.2. The third-order valence-corrected chi connectivity index (χ3v) is 5.32. The number of esters is 1. The minimum Gasteiger partial charge on any atom is -0.448 e. The van der Waals surface area contributed by atoms with Gasteiger partial charge in [0.05, 0.1) is 4.90 Å². The third kappa shape index (κ3) is 5.27. The average molecular weight is 419 g/mol. The van der Waals surface area contributed by atoms with E-state index >= 15 is 0 Å². The largest absolute Gasteiger partial charge is 0.448 e. The molecular weight excluding hydrogens is 398 g/mol. The highest BCUT2D eigenvalue weighted by Crippen LogP contribution is 2.17. The second kappa shape index (κ2) is 8.53. The highest BCUT2D eigenvalue weighted by atomic mass is 32.2. The fourth-order valence-electron chi connectivity index (χ4n) is 2.80. The van der Waals surface area contributed by atoms with E-state index in [0.29, 0.717) is 11.5 Å². The van der Waals surface area contributed by atoms with Crippen molar-refractivity contribution < 1.29 is 22.7 Å². The van der Waals surface area contributed by atoms with Crippen molar-refractivity contribution in [1.29, 1.82) is 0 Å². The van der Waals surface area contributed by atoms with Gasteiger partial charge in [-0.15, -0.1) is 10.2 Å². The predicted octanol–water partition coefficient (Wildman–Crippen LogP) is 0.908. The molecule has 0 radical (unpaired) electrons. The van der Waals surface area contributed by atoms with Crippen LogP contribution in [-0.2, 0) is 19.6 Å². The van der Waals surface area contributed by atoms with Gasteiger partial charge >= 0.3 is 5.97 Å². The number of anilines is 2. The number of amides is 1. The van der Waals surface area contributed by atoms with E-state index in [0.717, 1.165) is 25.9 Å². The number of rotatable bonds is 6. The fraction of sp³-hybridized carbons (Fsp3) is 0.333. The van der Waals surface area contributed by atoms with Crippen LogP contribution in [0.2, 0.25) is 0 Å². The summed E-state index contributed by atoms with van der Waals surface area (Å²) in [4.78, 5) is 26.4. The van der Waals surface area contributed by atoms with Gasteiger partial charge in [0.15, 0.2) is 17.6 Å². The molecule has 3 rings (SSSR count). The minimum absolute atomic E-state index is 0.00472. The lowest BCUT2D eigenvalue weighted by Gasteiger charge is -2.16. The summed E-state index contributed by atoms with van der Waals surface area (Å²) in [5, 5.41) is 15.5. The van der Waals surface area contributed by atoms with Crippen molar-refractivity contribution in [2.45, 2.75) is 30.8 Å². The number of nitrogens with two attached hydrogens (primary N) is 1. The number of nitrogens with one attached hydrogen (secondary N) is 1. The van der Waals surface area contributed by atoms with E-state index in [9.17, 15) is 18.0 Å². The Bertz CT molecular complexity index is 986. The molecule has 1 unspecified atom stereocenters. The Labute approximate surface area is 168 Å². The van der Waals surface area contributed by atoms with Crippen molar-refractivity contribution in [2.24, 2.45) is 5.14 Å². The van der Waals surface area contributed by atoms with Crippen LogP contribution in [0.5, 0.6) is 0 Å². The van der Waals surface area contributed by atoms with Gasteiger partial charge in [-0.25, -0.2) is 18.4 Å². The first-order valence-corrected chi connectivity index (χ1v) is 10.5. The lowest BCUT2D eigenvalue weighted by atomic mass is 10.3. The molecular formula is C18H21N5O5S. The molecule has 0 spiro atoms. The van der Waals surface area contributed by atoms with Crippen molar-refractivity contribution in [1.82, 2.24) is 10.2 Å². The van der Waals surface area contributed by atoms with Gasteiger partial charge in [0.25, 0.3) is 5.91 Å². The van der Waals surface area contributed by atoms with Crippen LogP contribution >= 0.6 is 0 Å². The smallest absolute Gasteiger partial charge is 0.359 e. The summed E-state index contributed by atoms with van der Waals surface area (Å²) in [6.07, 6.45) is 1.10. The van der Waals surface area contributed by atoms with Gasteiger partial charge in [-0.2, -0.15) is 0 Å². The summed E-state index contributed by atoms with van der Waals surface area (Å²) in [6.45, 7) is 3.24. The van der Waals surface area contributed by atoms with Gasteiger partial charge in [0, 0.05) is 18.8 Å². The monoisotopic (exact) mass is 419 g/mol. The van der Waals surface area contributed by atoms with Crippen molar-refractivity contribution in [2.75, 3.05) is 23.3 Å². The molecule has 10 nitrogen and oxygen atoms in total. The van der Waals surface area contributed by atoms with Crippen LogP contribution in [0.25, 0.3) is 0 Å². The molecule has 1 aromatic heterocycles. The Kier molecular flexibility index (Phi) is 6.09. The molecule has 1 amide bonds. The first-order chi connectivity index (χ1) is 13.7. The Balaban J connectivity index is 1.56. The number of aromatic nitrogens is 2. The predicted molar refractivity (Wildman–Crippen MR) is 105 cm³/mol. The van der Waals surface area contributed by atoms with E-state index in [2.05, 4.69) is 20.4 Å². The number of carbonyl (C=O) groups excluding carboxylic acids is 2. The molecule has 1 atom stereocenters. The minimum atomic E-state index is -3.82. The average Bonchev–Trinajstić information content (AvgIpc) is 3.22. The molecule has 154 valence electrons. The maximum Gasteiger partial charge on any atom is 0.359 e. The van der Waals surface area contributed by atoms with Gasteiger partial charge in [0.1, 0.15) is 0 Å². The van der Waals surface area contributed by atoms with E-state index in [4.69, 9.17) is 9.88 Å². The molecule has 1 saturated heterocycles. The quantitative estimate of drug-likeness (QED) is 0.657. The molecule has 1 aromatic carbocycles. The fourth-order valence-corrected chi connectivity index (χ4v) is 3.31. The number of sulfonamides is 1. The van der Waals surface area contributed by atoms with Crippen LogP contribution in [0.1, 0.15) is 30.3 Å². The highest BCUT2D eigenvalue weighted by Gasteiger charge is 2.21. The van der Waals surface area contributed by atoms with Gasteiger partial charge in [-0.05, 0) is 56.2 Å². The Morgan fingerprint density at radius 3 is 2.31 bits per heavy atom. The standard InChI is InChI=1S/C18H21N5O5S/c1-12(17(24)20-13-4-6-14(7-5-13)29(19,26)27)28-18(25)15-8-9-16(22-21-15)23-10-2-3-11-23/h4-9,12H,2-3,10-11H2,1H3,(H,20,24)(H2,19,26,27). The summed E-state index contributed by atoms with van der Waals surface area (Å²) < 4.78 is 27.6. The molecule has 3 N–H and O–H groups in total. The first-order valence-electron chi connectivity index (χ1n) is 8.97. The van der Waals surface area contributed by atoms with Crippen molar-refractivity contribution >= 4 is 33.4 Å². The number of nitrogens with zero attached hydrogens (tertiary/aromatic N) is 3. The zero-order chi connectivity index (χ0) is 21.0. The molecule has 2 aromatic rings. The molecule has 1 aliphatic heterocycles. The molecule has 0 saturated carbocycles. The Morgan fingerprint density at radius 1 is 1.10 bits per heavy atom. The van der Waals surface area contributed by atoms with Crippen LogP contribution in [0, 0.1) is 0 Å². The SMILES string of the molecule is CC(OC(=O)c1ccc(N2CCCC2)nn1)C(=O)Nc1ccc(S(N)(=O)=O)cc1. The summed E-state index contributed by atoms with van der Waals surface area (Å²) in [7, 11) is -3.82. The van der Waals surface area contributed by atoms with E-state index < -0.39 is 28.0 Å². The van der Waals surface area contributed by atoms with Crippen LogP contribution in [0.4, 0.5) is 11.5 Å². The molecule has 1 aliphatic rings. The zero-order valence-corrected chi connectivity index (χ0v) is 16.6. The van der Waals surface area contributed by atoms with Crippen molar-refractivity contribution in [3.63, 3.8) is 0 Å².